The molecule has 6 nitrogen and oxygen atoms in total. The Bertz CT molecular complexity index is 1060. The normalized spacial score (nSPS) is 12.2. The van der Waals surface area contributed by atoms with Gasteiger partial charge in [0, 0.05) is 19.3 Å². The number of esters is 3. The van der Waals surface area contributed by atoms with Gasteiger partial charge in [-0.2, -0.15) is 0 Å². The summed E-state index contributed by atoms with van der Waals surface area (Å²) >= 11 is 0. The van der Waals surface area contributed by atoms with Crippen LogP contribution in [0.25, 0.3) is 0 Å². The van der Waals surface area contributed by atoms with Gasteiger partial charge >= 0.3 is 17.9 Å². The van der Waals surface area contributed by atoms with E-state index in [0.29, 0.717) is 19.3 Å². The summed E-state index contributed by atoms with van der Waals surface area (Å²) in [4.78, 5) is 38.0. The summed E-state index contributed by atoms with van der Waals surface area (Å²) < 4.78 is 16.8. The second-order valence-electron chi connectivity index (χ2n) is 18.5. The molecule has 0 spiro atoms. The van der Waals surface area contributed by atoms with Crippen LogP contribution in [0.2, 0.25) is 0 Å². The zero-order chi connectivity index (χ0) is 45.8. The van der Waals surface area contributed by atoms with Gasteiger partial charge in [0.25, 0.3) is 0 Å². The highest BCUT2D eigenvalue weighted by Gasteiger charge is 2.19. The lowest BCUT2D eigenvalue weighted by molar-refractivity contribution is -0.167. The second-order valence-corrected chi connectivity index (χ2v) is 18.5. The molecule has 0 aliphatic carbocycles. The van der Waals surface area contributed by atoms with E-state index in [1.165, 1.54) is 167 Å². The summed E-state index contributed by atoms with van der Waals surface area (Å²) in [7, 11) is 0. The minimum Gasteiger partial charge on any atom is -0.462 e. The highest BCUT2D eigenvalue weighted by molar-refractivity contribution is 5.71. The third-order valence-corrected chi connectivity index (χ3v) is 12.1. The van der Waals surface area contributed by atoms with Gasteiger partial charge in [0.2, 0.25) is 0 Å². The molecule has 6 heteroatoms. The first-order chi connectivity index (χ1) is 31.0. The molecule has 0 aromatic rings. The van der Waals surface area contributed by atoms with Gasteiger partial charge in [-0.1, -0.05) is 231 Å². The van der Waals surface area contributed by atoms with Crippen LogP contribution in [0.4, 0.5) is 0 Å². The molecule has 0 aliphatic rings. The molecular formula is C57H104O6. The van der Waals surface area contributed by atoms with E-state index < -0.39 is 6.10 Å². The van der Waals surface area contributed by atoms with Crippen LogP contribution >= 0.6 is 0 Å². The van der Waals surface area contributed by atoms with Crippen molar-refractivity contribution >= 4 is 17.9 Å². The third-order valence-electron chi connectivity index (χ3n) is 12.1. The number of hydrogen-bond donors (Lipinski definition) is 0. The molecule has 63 heavy (non-hydrogen) atoms. The molecule has 0 rings (SSSR count). The topological polar surface area (TPSA) is 78.9 Å². The molecule has 0 aromatic heterocycles. The third kappa shape index (κ3) is 50.5. The van der Waals surface area contributed by atoms with Gasteiger partial charge < -0.3 is 14.2 Å². The molecule has 0 heterocycles. The van der Waals surface area contributed by atoms with Gasteiger partial charge in [0.15, 0.2) is 6.10 Å². The maximum absolute atomic E-state index is 12.8. The van der Waals surface area contributed by atoms with Crippen molar-refractivity contribution in [3.63, 3.8) is 0 Å². The summed E-state index contributed by atoms with van der Waals surface area (Å²) in [6.45, 7) is 6.62. The van der Waals surface area contributed by atoms with Crippen LogP contribution in [0.5, 0.6) is 0 Å². The molecule has 0 unspecified atom stereocenters. The van der Waals surface area contributed by atoms with Crippen LogP contribution in [0, 0.1) is 0 Å². The van der Waals surface area contributed by atoms with E-state index in [1.807, 2.05) is 0 Å². The molecule has 368 valence electrons. The first-order valence-corrected chi connectivity index (χ1v) is 27.5. The largest absolute Gasteiger partial charge is 0.462 e. The number of unbranched alkanes of at least 4 members (excludes halogenated alkanes) is 33. The standard InChI is InChI=1S/C57H104O6/c1-4-7-10-13-16-19-22-25-28-31-34-37-40-43-46-49-55(58)61-52-54(63-57(60)51-48-45-42-39-36-33-30-27-24-21-18-15-12-9-6-3)53-62-56(59)50-47-44-41-38-35-32-29-26-23-20-17-14-11-8-5-2/h16,19,25,27-28,30,54H,4-15,17-18,20-24,26,29,31-53H2,1-3H3/b19-16+,28-25+,30-27+/t54-/m0/s1. The van der Waals surface area contributed by atoms with Crippen LogP contribution in [-0.2, 0) is 28.6 Å². The number of allylic oxidation sites excluding steroid dienone is 6. The summed E-state index contributed by atoms with van der Waals surface area (Å²) in [6, 6.07) is 0. The lowest BCUT2D eigenvalue weighted by Gasteiger charge is -2.18. The quantitative estimate of drug-likeness (QED) is 0.0262. The Labute approximate surface area is 391 Å². The molecular weight excluding hydrogens is 781 g/mol. The maximum Gasteiger partial charge on any atom is 0.306 e. The number of carbonyl (C=O) groups is 3. The lowest BCUT2D eigenvalue weighted by Crippen LogP contribution is -2.30. The predicted molar refractivity (Wildman–Crippen MR) is 270 cm³/mol. The Morgan fingerprint density at radius 1 is 0.317 bits per heavy atom. The highest BCUT2D eigenvalue weighted by atomic mass is 16.6. The monoisotopic (exact) mass is 885 g/mol. The zero-order valence-electron chi connectivity index (χ0n) is 42.1. The van der Waals surface area contributed by atoms with Gasteiger partial charge in [0.1, 0.15) is 13.2 Å². The van der Waals surface area contributed by atoms with E-state index >= 15 is 0 Å². The second kappa shape index (κ2) is 52.3. The average molecular weight is 885 g/mol. The van der Waals surface area contributed by atoms with Gasteiger partial charge in [-0.15, -0.1) is 0 Å². The summed E-state index contributed by atoms with van der Waals surface area (Å²) in [5.74, 6) is -0.886. The number of carbonyl (C=O) groups excluding carboxylic acids is 3. The minimum absolute atomic E-state index is 0.0767. The Morgan fingerprint density at radius 3 is 0.921 bits per heavy atom. The molecule has 0 aromatic carbocycles. The van der Waals surface area contributed by atoms with E-state index in [2.05, 4.69) is 57.2 Å². The molecule has 0 N–H and O–H groups in total. The fourth-order valence-electron chi connectivity index (χ4n) is 7.94. The van der Waals surface area contributed by atoms with Gasteiger partial charge in [0.05, 0.1) is 0 Å². The van der Waals surface area contributed by atoms with Gasteiger partial charge in [-0.25, -0.2) is 0 Å². The number of hydrogen-bond acceptors (Lipinski definition) is 6. The lowest BCUT2D eigenvalue weighted by atomic mass is 10.0. The Balaban J connectivity index is 4.38. The van der Waals surface area contributed by atoms with E-state index in [4.69, 9.17) is 14.2 Å². The SMILES string of the molecule is CCCCC/C=C/C/C=C/CCCCCCCC(=O)OC[C@@H](COC(=O)CCCCCCCCCCCCCCCCC)OC(=O)CCCCCCC/C=C/CCCCCCCC. The summed E-state index contributed by atoms with van der Waals surface area (Å²) in [5, 5.41) is 0. The van der Waals surface area contributed by atoms with Crippen LogP contribution < -0.4 is 0 Å². The van der Waals surface area contributed by atoms with Gasteiger partial charge in [-0.05, 0) is 77.0 Å². The fraction of sp³-hybridized carbons (Fsp3) is 0.842. The Kier molecular flexibility index (Phi) is 50.3. The predicted octanol–water partition coefficient (Wildman–Crippen LogP) is 18.1. The Hall–Kier alpha value is -2.37. The number of rotatable bonds is 50. The molecule has 0 saturated carbocycles. The van der Waals surface area contributed by atoms with Crippen LogP contribution in [0.3, 0.4) is 0 Å². The van der Waals surface area contributed by atoms with Crippen LogP contribution in [0.15, 0.2) is 36.5 Å². The average Bonchev–Trinajstić information content (AvgIpc) is 3.28. The molecule has 0 aliphatic heterocycles. The molecule has 0 bridgehead atoms. The van der Waals surface area contributed by atoms with Crippen molar-refractivity contribution in [3.8, 4) is 0 Å². The van der Waals surface area contributed by atoms with E-state index in [9.17, 15) is 14.4 Å². The smallest absolute Gasteiger partial charge is 0.306 e. The molecule has 0 radical (unpaired) electrons. The first-order valence-electron chi connectivity index (χ1n) is 27.5. The van der Waals surface area contributed by atoms with Gasteiger partial charge in [-0.3, -0.25) is 14.4 Å². The van der Waals surface area contributed by atoms with Crippen molar-refractivity contribution in [3.05, 3.63) is 36.5 Å². The van der Waals surface area contributed by atoms with E-state index in [1.54, 1.807) is 0 Å². The highest BCUT2D eigenvalue weighted by Crippen LogP contribution is 2.16. The van der Waals surface area contributed by atoms with Crippen LogP contribution in [-0.4, -0.2) is 37.2 Å². The number of ether oxygens (including phenoxy) is 3. The minimum atomic E-state index is -0.779. The van der Waals surface area contributed by atoms with Crippen molar-refractivity contribution in [2.45, 2.75) is 297 Å². The van der Waals surface area contributed by atoms with E-state index in [0.717, 1.165) is 83.5 Å². The zero-order valence-corrected chi connectivity index (χ0v) is 42.1. The van der Waals surface area contributed by atoms with Crippen molar-refractivity contribution in [1.29, 1.82) is 0 Å². The first kappa shape index (κ1) is 60.6. The van der Waals surface area contributed by atoms with Crippen LogP contribution in [0.1, 0.15) is 290 Å². The molecule has 1 atom stereocenters. The maximum atomic E-state index is 12.8. The summed E-state index contributed by atoms with van der Waals surface area (Å²) in [6.07, 6.45) is 61.2. The fourth-order valence-corrected chi connectivity index (χ4v) is 7.94. The van der Waals surface area contributed by atoms with Crippen molar-refractivity contribution < 1.29 is 28.6 Å². The molecule has 0 amide bonds. The Morgan fingerprint density at radius 2 is 0.571 bits per heavy atom. The van der Waals surface area contributed by atoms with Crippen molar-refractivity contribution in [2.75, 3.05) is 13.2 Å². The van der Waals surface area contributed by atoms with Crippen molar-refractivity contribution in [1.82, 2.24) is 0 Å². The molecule has 0 saturated heterocycles. The van der Waals surface area contributed by atoms with E-state index in [-0.39, 0.29) is 31.1 Å². The van der Waals surface area contributed by atoms with Crippen molar-refractivity contribution in [2.24, 2.45) is 0 Å². The summed E-state index contributed by atoms with van der Waals surface area (Å²) in [5.41, 5.74) is 0. The molecule has 0 fully saturated rings.